The molecule has 100 valence electrons. The summed E-state index contributed by atoms with van der Waals surface area (Å²) < 4.78 is 61.4. The predicted octanol–water partition coefficient (Wildman–Crippen LogP) is 1.78. The number of sulfone groups is 1. The molecule has 3 nitrogen and oxygen atoms in total. The van der Waals surface area contributed by atoms with E-state index in [0.717, 1.165) is 18.2 Å². The lowest BCUT2D eigenvalue weighted by Crippen LogP contribution is -2.29. The van der Waals surface area contributed by atoms with Gasteiger partial charge in [0.15, 0.2) is 9.84 Å². The lowest BCUT2D eigenvalue weighted by Gasteiger charge is -2.11. The van der Waals surface area contributed by atoms with E-state index in [1.807, 2.05) is 0 Å². The minimum atomic E-state index is -4.50. The molecule has 1 heterocycles. The number of hydrogen-bond donors (Lipinski definition) is 1. The van der Waals surface area contributed by atoms with Crippen LogP contribution in [-0.4, -0.2) is 24.9 Å². The van der Waals surface area contributed by atoms with Crippen molar-refractivity contribution in [2.45, 2.75) is 35.8 Å². The summed E-state index contributed by atoms with van der Waals surface area (Å²) in [6, 6.07) is 2.56. The molecular formula is C11H11F3O3S. The SMILES string of the molecule is CC(O)C1Cc2cc(C(F)(F)F)ccc2S1(=O)=O. The molecule has 1 N–H and O–H groups in total. The van der Waals surface area contributed by atoms with E-state index < -0.39 is 32.9 Å². The van der Waals surface area contributed by atoms with Gasteiger partial charge in [-0.1, -0.05) is 0 Å². The number of hydrogen-bond acceptors (Lipinski definition) is 3. The maximum Gasteiger partial charge on any atom is 0.416 e. The van der Waals surface area contributed by atoms with E-state index in [2.05, 4.69) is 0 Å². The van der Waals surface area contributed by atoms with Gasteiger partial charge in [0.05, 0.1) is 21.8 Å². The van der Waals surface area contributed by atoms with E-state index in [4.69, 9.17) is 0 Å². The van der Waals surface area contributed by atoms with E-state index in [1.54, 1.807) is 0 Å². The highest BCUT2D eigenvalue weighted by Crippen LogP contribution is 2.37. The van der Waals surface area contributed by atoms with Crippen LogP contribution in [0, 0.1) is 0 Å². The highest BCUT2D eigenvalue weighted by atomic mass is 32.2. The standard InChI is InChI=1S/C11H11F3O3S/c1-6(15)10-5-7-4-8(11(12,13)14)2-3-9(7)18(10,16)17/h2-4,6,10,15H,5H2,1H3. The van der Waals surface area contributed by atoms with Crippen molar-refractivity contribution in [1.82, 2.24) is 0 Å². The molecule has 0 radical (unpaired) electrons. The summed E-state index contributed by atoms with van der Waals surface area (Å²) in [7, 11) is -3.73. The average Bonchev–Trinajstić information content (AvgIpc) is 2.49. The van der Waals surface area contributed by atoms with Crippen molar-refractivity contribution < 1.29 is 26.7 Å². The third-order valence-electron chi connectivity index (χ3n) is 3.05. The maximum atomic E-state index is 12.5. The molecule has 0 fully saturated rings. The molecule has 0 amide bonds. The number of fused-ring (bicyclic) bond motifs is 1. The predicted molar refractivity (Wildman–Crippen MR) is 57.8 cm³/mol. The van der Waals surface area contributed by atoms with Gasteiger partial charge in [-0.3, -0.25) is 0 Å². The van der Waals surface area contributed by atoms with Crippen LogP contribution in [0.3, 0.4) is 0 Å². The highest BCUT2D eigenvalue weighted by Gasteiger charge is 2.41. The summed E-state index contributed by atoms with van der Waals surface area (Å²) in [4.78, 5) is -0.110. The zero-order chi connectivity index (χ0) is 13.7. The number of alkyl halides is 3. The van der Waals surface area contributed by atoms with E-state index in [-0.39, 0.29) is 16.9 Å². The van der Waals surface area contributed by atoms with Crippen molar-refractivity contribution in [3.8, 4) is 0 Å². The Hall–Kier alpha value is -1.08. The summed E-state index contributed by atoms with van der Waals surface area (Å²) in [5, 5.41) is 8.33. The van der Waals surface area contributed by atoms with Crippen LogP contribution in [-0.2, 0) is 22.4 Å². The van der Waals surface area contributed by atoms with Crippen molar-refractivity contribution in [1.29, 1.82) is 0 Å². The molecule has 1 aliphatic heterocycles. The second-order valence-corrected chi connectivity index (χ2v) is 6.48. The molecule has 2 atom stereocenters. The topological polar surface area (TPSA) is 54.4 Å². The Bertz CT molecular complexity index is 576. The van der Waals surface area contributed by atoms with Crippen molar-refractivity contribution in [3.05, 3.63) is 29.3 Å². The molecule has 1 aliphatic rings. The van der Waals surface area contributed by atoms with E-state index in [1.165, 1.54) is 6.92 Å². The summed E-state index contributed by atoms with van der Waals surface area (Å²) in [5.74, 6) is 0. The van der Waals surface area contributed by atoms with Crippen LogP contribution in [0.15, 0.2) is 23.1 Å². The van der Waals surface area contributed by atoms with Crippen LogP contribution in [0.5, 0.6) is 0 Å². The number of rotatable bonds is 1. The second-order valence-electron chi connectivity index (χ2n) is 4.35. The molecule has 0 bridgehead atoms. The van der Waals surface area contributed by atoms with Crippen LogP contribution in [0.2, 0.25) is 0 Å². The summed E-state index contributed by atoms with van der Waals surface area (Å²) >= 11 is 0. The van der Waals surface area contributed by atoms with Gasteiger partial charge in [0.2, 0.25) is 0 Å². The normalized spacial score (nSPS) is 23.7. The molecule has 0 aliphatic carbocycles. The van der Waals surface area contributed by atoms with Crippen LogP contribution < -0.4 is 0 Å². The molecule has 0 saturated carbocycles. The Morgan fingerprint density at radius 1 is 1.39 bits per heavy atom. The summed E-state index contributed by atoms with van der Waals surface area (Å²) in [6.45, 7) is 1.32. The molecule has 7 heteroatoms. The van der Waals surface area contributed by atoms with Gasteiger partial charge in [-0.05, 0) is 37.1 Å². The first-order valence-corrected chi connectivity index (χ1v) is 6.81. The smallest absolute Gasteiger partial charge is 0.392 e. The molecule has 1 aromatic rings. The number of benzene rings is 1. The fourth-order valence-electron chi connectivity index (χ4n) is 2.11. The van der Waals surface area contributed by atoms with Crippen LogP contribution in [0.4, 0.5) is 13.2 Å². The van der Waals surface area contributed by atoms with Gasteiger partial charge in [0.25, 0.3) is 0 Å². The lowest BCUT2D eigenvalue weighted by molar-refractivity contribution is -0.137. The molecule has 0 saturated heterocycles. The Morgan fingerprint density at radius 2 is 2.00 bits per heavy atom. The first-order valence-electron chi connectivity index (χ1n) is 5.26. The maximum absolute atomic E-state index is 12.5. The van der Waals surface area contributed by atoms with Crippen molar-refractivity contribution >= 4 is 9.84 Å². The van der Waals surface area contributed by atoms with E-state index in [9.17, 15) is 26.7 Å². The third-order valence-corrected chi connectivity index (χ3v) is 5.42. The Balaban J connectivity index is 2.53. The second kappa shape index (κ2) is 3.96. The highest BCUT2D eigenvalue weighted by molar-refractivity contribution is 7.92. The van der Waals surface area contributed by atoms with Crippen LogP contribution in [0.1, 0.15) is 18.1 Å². The zero-order valence-electron chi connectivity index (χ0n) is 9.40. The minimum absolute atomic E-state index is 0.0841. The first kappa shape index (κ1) is 13.4. The third kappa shape index (κ3) is 2.01. The molecule has 18 heavy (non-hydrogen) atoms. The lowest BCUT2D eigenvalue weighted by atomic mass is 10.0. The number of halogens is 3. The largest absolute Gasteiger partial charge is 0.416 e. The summed E-state index contributed by atoms with van der Waals surface area (Å²) in [5.41, 5.74) is -0.751. The van der Waals surface area contributed by atoms with Gasteiger partial charge in [0.1, 0.15) is 0 Å². The van der Waals surface area contributed by atoms with Crippen LogP contribution in [0.25, 0.3) is 0 Å². The minimum Gasteiger partial charge on any atom is -0.392 e. The Morgan fingerprint density at radius 3 is 2.50 bits per heavy atom. The van der Waals surface area contributed by atoms with Gasteiger partial charge in [0, 0.05) is 0 Å². The number of aliphatic hydroxyl groups excluding tert-OH is 1. The van der Waals surface area contributed by atoms with Gasteiger partial charge < -0.3 is 5.11 Å². The van der Waals surface area contributed by atoms with Gasteiger partial charge in [-0.2, -0.15) is 13.2 Å². The molecular weight excluding hydrogens is 269 g/mol. The monoisotopic (exact) mass is 280 g/mol. The van der Waals surface area contributed by atoms with Crippen molar-refractivity contribution in [3.63, 3.8) is 0 Å². The van der Waals surface area contributed by atoms with E-state index >= 15 is 0 Å². The Labute approximate surface area is 102 Å². The zero-order valence-corrected chi connectivity index (χ0v) is 10.2. The quantitative estimate of drug-likeness (QED) is 0.853. The molecule has 0 spiro atoms. The molecule has 0 aromatic heterocycles. The molecule has 2 unspecified atom stereocenters. The first-order chi connectivity index (χ1) is 8.14. The van der Waals surface area contributed by atoms with Crippen molar-refractivity contribution in [2.24, 2.45) is 0 Å². The van der Waals surface area contributed by atoms with Crippen LogP contribution >= 0.6 is 0 Å². The fourth-order valence-corrected chi connectivity index (χ4v) is 4.12. The van der Waals surface area contributed by atoms with E-state index in [0.29, 0.717) is 0 Å². The van der Waals surface area contributed by atoms with Gasteiger partial charge in [-0.15, -0.1) is 0 Å². The van der Waals surface area contributed by atoms with Crippen molar-refractivity contribution in [2.75, 3.05) is 0 Å². The fraction of sp³-hybridized carbons (Fsp3) is 0.455. The van der Waals surface area contributed by atoms with Gasteiger partial charge in [-0.25, -0.2) is 8.42 Å². The average molecular weight is 280 g/mol. The molecule has 2 rings (SSSR count). The number of aliphatic hydroxyl groups is 1. The van der Waals surface area contributed by atoms with Gasteiger partial charge >= 0.3 is 6.18 Å². The summed E-state index contributed by atoms with van der Waals surface area (Å²) in [6.07, 6.45) is -5.70. The Kier molecular flexibility index (Phi) is 2.94. The molecule has 1 aromatic carbocycles.